The Bertz CT molecular complexity index is 129. The van der Waals surface area contributed by atoms with Crippen LogP contribution in [-0.4, -0.2) is 6.29 Å². The Balaban J connectivity index is 2.41. The molecule has 0 spiro atoms. The Morgan fingerprint density at radius 1 is 1.50 bits per heavy atom. The first-order valence-electron chi connectivity index (χ1n) is 3.94. The second-order valence-corrected chi connectivity index (χ2v) is 2.99. The Labute approximate surface area is 62.1 Å². The Morgan fingerprint density at radius 2 is 2.30 bits per heavy atom. The van der Waals surface area contributed by atoms with Crippen LogP contribution in [-0.2, 0) is 4.79 Å². The molecule has 0 saturated heterocycles. The van der Waals surface area contributed by atoms with Gasteiger partial charge in [-0.3, -0.25) is 0 Å². The highest BCUT2D eigenvalue weighted by atomic mass is 16.1. The standard InChI is InChI=1S/C9H14O/c1-2-8-4-3-5-9(8)6-7-10/h2,7-9H,1,3-6H2/t8-,9-/m0/s1. The molecule has 10 heavy (non-hydrogen) atoms. The predicted octanol–water partition coefficient (Wildman–Crippen LogP) is 2.18. The Morgan fingerprint density at radius 3 is 2.90 bits per heavy atom. The van der Waals surface area contributed by atoms with E-state index in [9.17, 15) is 4.79 Å². The molecular formula is C9H14O. The van der Waals surface area contributed by atoms with Gasteiger partial charge >= 0.3 is 0 Å². The van der Waals surface area contributed by atoms with Gasteiger partial charge in [0.1, 0.15) is 6.29 Å². The van der Waals surface area contributed by atoms with Crippen molar-refractivity contribution in [1.82, 2.24) is 0 Å². The molecule has 0 radical (unpaired) electrons. The topological polar surface area (TPSA) is 17.1 Å². The molecule has 0 aliphatic heterocycles. The molecule has 0 aromatic rings. The summed E-state index contributed by atoms with van der Waals surface area (Å²) >= 11 is 0. The van der Waals surface area contributed by atoms with Crippen LogP contribution >= 0.6 is 0 Å². The fourth-order valence-corrected chi connectivity index (χ4v) is 1.79. The zero-order valence-electron chi connectivity index (χ0n) is 6.25. The number of hydrogen-bond donors (Lipinski definition) is 0. The van der Waals surface area contributed by atoms with Crippen molar-refractivity contribution in [2.45, 2.75) is 25.7 Å². The highest BCUT2D eigenvalue weighted by Gasteiger charge is 2.23. The van der Waals surface area contributed by atoms with E-state index in [1.165, 1.54) is 19.3 Å². The van der Waals surface area contributed by atoms with Crippen molar-refractivity contribution >= 4 is 6.29 Å². The van der Waals surface area contributed by atoms with Gasteiger partial charge in [0.05, 0.1) is 0 Å². The first-order chi connectivity index (χ1) is 4.88. The molecule has 1 saturated carbocycles. The average molecular weight is 138 g/mol. The van der Waals surface area contributed by atoms with E-state index in [2.05, 4.69) is 6.58 Å². The maximum absolute atomic E-state index is 10.2. The maximum Gasteiger partial charge on any atom is 0.120 e. The second-order valence-electron chi connectivity index (χ2n) is 2.99. The van der Waals surface area contributed by atoms with E-state index in [0.717, 1.165) is 12.7 Å². The van der Waals surface area contributed by atoms with Gasteiger partial charge in [0.15, 0.2) is 0 Å². The van der Waals surface area contributed by atoms with E-state index in [1.807, 2.05) is 6.08 Å². The average Bonchev–Trinajstić information content (AvgIpc) is 2.36. The summed E-state index contributed by atoms with van der Waals surface area (Å²) in [7, 11) is 0. The maximum atomic E-state index is 10.2. The van der Waals surface area contributed by atoms with Crippen molar-refractivity contribution in [2.75, 3.05) is 0 Å². The molecule has 0 amide bonds. The number of allylic oxidation sites excluding steroid dienone is 1. The summed E-state index contributed by atoms with van der Waals surface area (Å²) in [5, 5.41) is 0. The molecule has 2 atom stereocenters. The van der Waals surface area contributed by atoms with Gasteiger partial charge in [-0.25, -0.2) is 0 Å². The van der Waals surface area contributed by atoms with Crippen LogP contribution in [0.25, 0.3) is 0 Å². The highest BCUT2D eigenvalue weighted by molar-refractivity contribution is 5.50. The molecule has 56 valence electrons. The molecule has 1 nitrogen and oxygen atoms in total. The predicted molar refractivity (Wildman–Crippen MR) is 41.7 cm³/mol. The molecular weight excluding hydrogens is 124 g/mol. The van der Waals surface area contributed by atoms with Crippen LogP contribution in [0.4, 0.5) is 0 Å². The minimum absolute atomic E-state index is 0.606. The highest BCUT2D eigenvalue weighted by Crippen LogP contribution is 2.33. The lowest BCUT2D eigenvalue weighted by atomic mass is 9.94. The van der Waals surface area contributed by atoms with Crippen molar-refractivity contribution in [3.8, 4) is 0 Å². The zero-order valence-corrected chi connectivity index (χ0v) is 6.25. The second kappa shape index (κ2) is 3.55. The molecule has 1 heteroatoms. The van der Waals surface area contributed by atoms with Gasteiger partial charge in [0, 0.05) is 6.42 Å². The molecule has 1 aliphatic carbocycles. The smallest absolute Gasteiger partial charge is 0.120 e. The number of aldehydes is 1. The zero-order chi connectivity index (χ0) is 7.40. The molecule has 0 N–H and O–H groups in total. The van der Waals surface area contributed by atoms with Crippen LogP contribution in [0.15, 0.2) is 12.7 Å². The van der Waals surface area contributed by atoms with Crippen LogP contribution in [0.1, 0.15) is 25.7 Å². The molecule has 0 unspecified atom stereocenters. The summed E-state index contributed by atoms with van der Waals surface area (Å²) in [5.74, 6) is 1.22. The largest absolute Gasteiger partial charge is 0.303 e. The van der Waals surface area contributed by atoms with Gasteiger partial charge in [0.2, 0.25) is 0 Å². The molecule has 1 aliphatic rings. The van der Waals surface area contributed by atoms with E-state index >= 15 is 0 Å². The molecule has 0 bridgehead atoms. The van der Waals surface area contributed by atoms with Crippen molar-refractivity contribution in [3.63, 3.8) is 0 Å². The number of carbonyl (C=O) groups excluding carboxylic acids is 1. The molecule has 1 fully saturated rings. The summed E-state index contributed by atoms with van der Waals surface area (Å²) in [5.41, 5.74) is 0. The first kappa shape index (κ1) is 7.52. The molecule has 0 aromatic carbocycles. The third-order valence-corrected chi connectivity index (χ3v) is 2.42. The monoisotopic (exact) mass is 138 g/mol. The quantitative estimate of drug-likeness (QED) is 0.431. The van der Waals surface area contributed by atoms with Crippen LogP contribution in [0.3, 0.4) is 0 Å². The summed E-state index contributed by atoms with van der Waals surface area (Å²) < 4.78 is 0. The van der Waals surface area contributed by atoms with E-state index in [0.29, 0.717) is 11.8 Å². The number of hydrogen-bond acceptors (Lipinski definition) is 1. The lowest BCUT2D eigenvalue weighted by Crippen LogP contribution is -2.04. The summed E-state index contributed by atoms with van der Waals surface area (Å²) in [6.07, 6.45) is 7.50. The van der Waals surface area contributed by atoms with E-state index in [1.54, 1.807) is 0 Å². The van der Waals surface area contributed by atoms with Crippen LogP contribution < -0.4 is 0 Å². The Hall–Kier alpha value is -0.590. The molecule has 1 rings (SSSR count). The third kappa shape index (κ3) is 1.47. The summed E-state index contributed by atoms with van der Waals surface area (Å²) in [4.78, 5) is 10.2. The summed E-state index contributed by atoms with van der Waals surface area (Å²) in [6, 6.07) is 0. The number of rotatable bonds is 3. The van der Waals surface area contributed by atoms with Gasteiger partial charge in [-0.15, -0.1) is 6.58 Å². The van der Waals surface area contributed by atoms with Gasteiger partial charge in [-0.1, -0.05) is 12.5 Å². The normalized spacial score (nSPS) is 32.0. The van der Waals surface area contributed by atoms with Crippen molar-refractivity contribution in [2.24, 2.45) is 11.8 Å². The van der Waals surface area contributed by atoms with Crippen molar-refractivity contribution in [3.05, 3.63) is 12.7 Å². The SMILES string of the molecule is C=C[C@H]1CCC[C@H]1CC=O. The molecule has 0 aromatic heterocycles. The van der Waals surface area contributed by atoms with Crippen LogP contribution in [0.2, 0.25) is 0 Å². The van der Waals surface area contributed by atoms with Gasteiger partial charge in [0.25, 0.3) is 0 Å². The lowest BCUT2D eigenvalue weighted by Gasteiger charge is -2.11. The first-order valence-corrected chi connectivity index (χ1v) is 3.94. The third-order valence-electron chi connectivity index (χ3n) is 2.42. The molecule has 0 heterocycles. The van der Waals surface area contributed by atoms with Crippen LogP contribution in [0, 0.1) is 11.8 Å². The van der Waals surface area contributed by atoms with E-state index < -0.39 is 0 Å². The van der Waals surface area contributed by atoms with E-state index in [4.69, 9.17) is 0 Å². The Kier molecular flexibility index (Phi) is 2.67. The minimum atomic E-state index is 0.606. The fraction of sp³-hybridized carbons (Fsp3) is 0.667. The number of carbonyl (C=O) groups is 1. The summed E-state index contributed by atoms with van der Waals surface area (Å²) in [6.45, 7) is 3.76. The fourth-order valence-electron chi connectivity index (χ4n) is 1.79. The van der Waals surface area contributed by atoms with E-state index in [-0.39, 0.29) is 0 Å². The minimum Gasteiger partial charge on any atom is -0.303 e. The van der Waals surface area contributed by atoms with Gasteiger partial charge < -0.3 is 4.79 Å². The van der Waals surface area contributed by atoms with Gasteiger partial charge in [-0.2, -0.15) is 0 Å². The lowest BCUT2D eigenvalue weighted by molar-refractivity contribution is -0.108. The van der Waals surface area contributed by atoms with Crippen molar-refractivity contribution < 1.29 is 4.79 Å². The van der Waals surface area contributed by atoms with Crippen LogP contribution in [0.5, 0.6) is 0 Å². The van der Waals surface area contributed by atoms with Gasteiger partial charge in [-0.05, 0) is 24.7 Å². The van der Waals surface area contributed by atoms with Crippen molar-refractivity contribution in [1.29, 1.82) is 0 Å².